The van der Waals surface area contributed by atoms with Crippen molar-refractivity contribution in [2.75, 3.05) is 0 Å². The van der Waals surface area contributed by atoms with Crippen molar-refractivity contribution >= 4 is 53.3 Å². The molecule has 19 nitrogen and oxygen atoms in total. The maximum atomic E-state index is 14.4. The summed E-state index contributed by atoms with van der Waals surface area (Å²) in [5.74, 6) is -8.93. The fourth-order valence-electron chi connectivity index (χ4n) is 6.20. The van der Waals surface area contributed by atoms with Crippen LogP contribution in [0.5, 0.6) is 5.75 Å². The van der Waals surface area contributed by atoms with E-state index in [4.69, 9.17) is 4.74 Å². The minimum absolute atomic E-state index is 0.0676. The molecule has 2 aromatic carbocycles. The van der Waals surface area contributed by atoms with E-state index in [1.807, 2.05) is 0 Å². The molecule has 63 heavy (non-hydrogen) atoms. The molecular weight excluding hydrogens is 819 g/mol. The second-order valence-corrected chi connectivity index (χ2v) is 15.4. The molecule has 340 valence electrons. The first kappa shape index (κ1) is 50.3. The van der Waals surface area contributed by atoms with Crippen molar-refractivity contribution in [3.8, 4) is 5.75 Å². The molecule has 0 bridgehead atoms. The highest BCUT2D eigenvalue weighted by Gasteiger charge is 2.38. The first-order valence-electron chi connectivity index (χ1n) is 20.4. The molecule has 7 amide bonds. The first-order valence-corrected chi connectivity index (χ1v) is 20.4. The number of hydrogen-bond donors (Lipinski definition) is 9. The van der Waals surface area contributed by atoms with E-state index < -0.39 is 114 Å². The molecule has 1 saturated heterocycles. The van der Waals surface area contributed by atoms with Crippen molar-refractivity contribution in [1.29, 1.82) is 0 Å². The van der Waals surface area contributed by atoms with Gasteiger partial charge >= 0.3 is 11.9 Å². The third kappa shape index (κ3) is 15.4. The van der Waals surface area contributed by atoms with E-state index in [9.17, 15) is 53.4 Å². The van der Waals surface area contributed by atoms with Gasteiger partial charge < -0.3 is 52.2 Å². The van der Waals surface area contributed by atoms with Crippen LogP contribution in [0.1, 0.15) is 72.4 Å². The number of carbonyl (C=O) groups excluding carboxylic acids is 8. The molecule has 7 unspecified atom stereocenters. The number of phenols is 1. The molecule has 0 spiro atoms. The molecular formula is C44H57N7O12. The highest BCUT2D eigenvalue weighted by atomic mass is 16.5. The van der Waals surface area contributed by atoms with E-state index in [0.29, 0.717) is 16.7 Å². The van der Waals surface area contributed by atoms with E-state index in [-0.39, 0.29) is 24.3 Å². The number of rotatable bonds is 14. The predicted molar refractivity (Wildman–Crippen MR) is 228 cm³/mol. The van der Waals surface area contributed by atoms with Crippen LogP contribution >= 0.6 is 0 Å². The summed E-state index contributed by atoms with van der Waals surface area (Å²) >= 11 is 0. The van der Waals surface area contributed by atoms with Crippen molar-refractivity contribution in [3.63, 3.8) is 0 Å². The van der Waals surface area contributed by atoms with Crippen LogP contribution in [0, 0.1) is 5.92 Å². The highest BCUT2D eigenvalue weighted by Crippen LogP contribution is 2.15. The third-order valence-electron chi connectivity index (χ3n) is 10.1. The molecule has 0 saturated carbocycles. The SMILES string of the molecule is C/C=C1\NC(=O)C(C)NC(=O)C(NC(=O)C(Cc2ccc(O)cc2)NC(=O)C(NC(=O)/C(C)=C/C)C(C)C)C(C)OC(=O)C(Cc2ccccc2)NC(=O)C(CCC(=O)O)NC1=O. The molecule has 1 fully saturated rings. The second kappa shape index (κ2) is 23.8. The van der Waals surface area contributed by atoms with Crippen molar-refractivity contribution < 1.29 is 58.1 Å². The molecule has 7 atom stereocenters. The lowest BCUT2D eigenvalue weighted by atomic mass is 10.00. The number of nitrogens with one attached hydrogen (secondary N) is 7. The van der Waals surface area contributed by atoms with Gasteiger partial charge in [0, 0.05) is 24.8 Å². The zero-order chi connectivity index (χ0) is 47.0. The molecule has 1 heterocycles. The molecule has 0 aromatic heterocycles. The number of carboxylic acids is 1. The Labute approximate surface area is 365 Å². The summed E-state index contributed by atoms with van der Waals surface area (Å²) in [5.41, 5.74) is 1.04. The molecule has 9 N–H and O–H groups in total. The smallest absolute Gasteiger partial charge is 0.329 e. The molecule has 19 heteroatoms. The number of amides is 7. The summed E-state index contributed by atoms with van der Waals surface area (Å²) < 4.78 is 5.77. The van der Waals surface area contributed by atoms with Crippen LogP contribution in [0.4, 0.5) is 0 Å². The van der Waals surface area contributed by atoms with E-state index in [1.54, 1.807) is 64.1 Å². The lowest BCUT2D eigenvalue weighted by Crippen LogP contribution is -2.62. The number of aromatic hydroxyl groups is 1. The Bertz CT molecular complexity index is 2070. The number of esters is 1. The Morgan fingerprint density at radius 2 is 1.46 bits per heavy atom. The zero-order valence-corrected chi connectivity index (χ0v) is 36.3. The maximum absolute atomic E-state index is 14.4. The number of carboxylic acid groups (broad SMARTS) is 1. The number of allylic oxidation sites excluding steroid dienone is 2. The topological polar surface area (TPSA) is 288 Å². The summed E-state index contributed by atoms with van der Waals surface area (Å²) in [5, 5.41) is 36.9. The highest BCUT2D eigenvalue weighted by molar-refractivity contribution is 6.02. The third-order valence-corrected chi connectivity index (χ3v) is 10.1. The van der Waals surface area contributed by atoms with Gasteiger partial charge in [0.2, 0.25) is 35.4 Å². The summed E-state index contributed by atoms with van der Waals surface area (Å²) in [4.78, 5) is 121. The monoisotopic (exact) mass is 875 g/mol. The molecule has 0 aliphatic carbocycles. The largest absolute Gasteiger partial charge is 0.508 e. The number of cyclic esters (lactones) is 1. The van der Waals surface area contributed by atoms with Crippen molar-refractivity contribution in [2.45, 2.75) is 117 Å². The van der Waals surface area contributed by atoms with Gasteiger partial charge in [0.15, 0.2) is 0 Å². The quantitative estimate of drug-likeness (QED) is 0.0930. The van der Waals surface area contributed by atoms with Gasteiger partial charge in [-0.25, -0.2) is 4.79 Å². The van der Waals surface area contributed by atoms with Gasteiger partial charge in [-0.1, -0.05) is 68.5 Å². The first-order chi connectivity index (χ1) is 29.7. The Hall–Kier alpha value is -7.05. The molecule has 0 radical (unpaired) electrons. The molecule has 1 aliphatic heterocycles. The predicted octanol–water partition coefficient (Wildman–Crippen LogP) is 0.558. The summed E-state index contributed by atoms with van der Waals surface area (Å²) in [6.07, 6.45) is -0.0327. The number of carbonyl (C=O) groups is 9. The summed E-state index contributed by atoms with van der Waals surface area (Å²) in [6.45, 7) is 10.6. The van der Waals surface area contributed by atoms with Gasteiger partial charge in [-0.05, 0) is 70.2 Å². The van der Waals surface area contributed by atoms with Crippen LogP contribution in [0.2, 0.25) is 0 Å². The lowest BCUT2D eigenvalue weighted by Gasteiger charge is -2.30. The minimum Gasteiger partial charge on any atom is -0.508 e. The number of benzene rings is 2. The molecule has 2 aromatic rings. The number of phenolic OH excluding ortho intramolecular Hbond substituents is 1. The Balaban J connectivity index is 2.09. The van der Waals surface area contributed by atoms with Gasteiger partial charge in [-0.15, -0.1) is 0 Å². The van der Waals surface area contributed by atoms with Crippen LogP contribution in [0.3, 0.4) is 0 Å². The minimum atomic E-state index is -1.76. The van der Waals surface area contributed by atoms with Gasteiger partial charge in [0.25, 0.3) is 5.91 Å². The Kier molecular flexibility index (Phi) is 19.0. The standard InChI is InChI=1S/C44H57N7O12/c1-8-24(5)37(55)50-35(23(3)4)42(60)48-32(21-28-15-17-29(52)18-16-28)41(59)51-36-26(7)63-44(62)33(22-27-13-11-10-12-14-27)49-40(58)31(19-20-34(53)54)47-39(57)30(9-2)46-38(56)25(6)45-43(36)61/h8-18,23,25-26,31-33,35-36,52H,19-22H2,1-7H3,(H,45,61)(H,46,56)(H,47,57)(H,48,60)(H,49,58)(H,50,55)(H,51,59)(H,53,54)/b24-8+,30-9-. The van der Waals surface area contributed by atoms with E-state index >= 15 is 0 Å². The van der Waals surface area contributed by atoms with Gasteiger partial charge in [-0.2, -0.15) is 0 Å². The summed E-state index contributed by atoms with van der Waals surface area (Å²) in [7, 11) is 0. The average molecular weight is 876 g/mol. The van der Waals surface area contributed by atoms with Crippen LogP contribution in [-0.2, 0) is 60.7 Å². The van der Waals surface area contributed by atoms with Gasteiger partial charge in [0.05, 0.1) is 0 Å². The van der Waals surface area contributed by atoms with Crippen molar-refractivity contribution in [1.82, 2.24) is 37.2 Å². The fourth-order valence-corrected chi connectivity index (χ4v) is 6.20. The fraction of sp³-hybridized carbons (Fsp3) is 0.432. The average Bonchev–Trinajstić information content (AvgIpc) is 3.24. The molecule has 3 rings (SSSR count). The zero-order valence-electron chi connectivity index (χ0n) is 36.3. The maximum Gasteiger partial charge on any atom is 0.329 e. The van der Waals surface area contributed by atoms with E-state index in [1.165, 1.54) is 51.1 Å². The number of hydrogen-bond acceptors (Lipinski definition) is 11. The van der Waals surface area contributed by atoms with E-state index in [2.05, 4.69) is 37.2 Å². The number of aliphatic carboxylic acids is 1. The van der Waals surface area contributed by atoms with Gasteiger partial charge in [-0.3, -0.25) is 38.4 Å². The van der Waals surface area contributed by atoms with Crippen LogP contribution in [-0.4, -0.2) is 106 Å². The number of ether oxygens (including phenoxy) is 1. The lowest BCUT2D eigenvalue weighted by molar-refractivity contribution is -0.156. The van der Waals surface area contributed by atoms with E-state index in [0.717, 1.165) is 0 Å². The van der Waals surface area contributed by atoms with Crippen LogP contribution in [0.15, 0.2) is 78.0 Å². The Morgan fingerprint density at radius 3 is 2.05 bits per heavy atom. The van der Waals surface area contributed by atoms with Crippen LogP contribution < -0.4 is 37.2 Å². The van der Waals surface area contributed by atoms with Gasteiger partial charge in [0.1, 0.15) is 53.8 Å². The van der Waals surface area contributed by atoms with Crippen molar-refractivity contribution in [3.05, 3.63) is 89.1 Å². The van der Waals surface area contributed by atoms with Crippen molar-refractivity contribution in [2.24, 2.45) is 5.92 Å². The Morgan fingerprint density at radius 1 is 0.810 bits per heavy atom. The van der Waals surface area contributed by atoms with Crippen LogP contribution in [0.25, 0.3) is 0 Å². The summed E-state index contributed by atoms with van der Waals surface area (Å²) in [6, 6.07) is 5.51. The molecule has 1 aliphatic rings. The second-order valence-electron chi connectivity index (χ2n) is 15.4. The normalized spacial score (nSPS) is 22.0.